The number of rotatable bonds is 3. The number of morpholine rings is 1. The van der Waals surface area contributed by atoms with E-state index in [-0.39, 0.29) is 18.1 Å². The molecular formula is C13H19N3O3. The summed E-state index contributed by atoms with van der Waals surface area (Å²) >= 11 is 0. The third-order valence-corrected chi connectivity index (χ3v) is 3.67. The summed E-state index contributed by atoms with van der Waals surface area (Å²) in [7, 11) is 0. The fourth-order valence-corrected chi connectivity index (χ4v) is 2.73. The van der Waals surface area contributed by atoms with Crippen molar-refractivity contribution in [3.63, 3.8) is 0 Å². The lowest BCUT2D eigenvalue weighted by Gasteiger charge is -2.35. The molecule has 2 fully saturated rings. The lowest BCUT2D eigenvalue weighted by molar-refractivity contribution is -0.144. The Hall–Kier alpha value is -1.40. The lowest BCUT2D eigenvalue weighted by atomic mass is 10.1. The third-order valence-electron chi connectivity index (χ3n) is 3.67. The maximum absolute atomic E-state index is 11.6. The zero-order valence-corrected chi connectivity index (χ0v) is 11.1. The van der Waals surface area contributed by atoms with E-state index < -0.39 is 0 Å². The van der Waals surface area contributed by atoms with Crippen LogP contribution in [0.15, 0.2) is 12.4 Å². The van der Waals surface area contributed by atoms with Crippen LogP contribution in [0.3, 0.4) is 0 Å². The molecule has 6 nitrogen and oxygen atoms in total. The van der Waals surface area contributed by atoms with Crippen molar-refractivity contribution < 1.29 is 14.3 Å². The van der Waals surface area contributed by atoms with Crippen LogP contribution in [0, 0.1) is 6.92 Å². The summed E-state index contributed by atoms with van der Waals surface area (Å²) in [5.74, 6) is -0.0874. The van der Waals surface area contributed by atoms with Crippen LogP contribution < -0.4 is 0 Å². The predicted molar refractivity (Wildman–Crippen MR) is 67.6 cm³/mol. The minimum absolute atomic E-state index is 0.0780. The molecule has 0 N–H and O–H groups in total. The predicted octanol–water partition coefficient (Wildman–Crippen LogP) is 0.208. The van der Waals surface area contributed by atoms with E-state index in [0.717, 1.165) is 31.6 Å². The number of esters is 1. The van der Waals surface area contributed by atoms with Gasteiger partial charge in [-0.1, -0.05) is 0 Å². The molecule has 104 valence electrons. The van der Waals surface area contributed by atoms with Crippen LogP contribution in [0.2, 0.25) is 0 Å². The Morgan fingerprint density at radius 2 is 2.37 bits per heavy atom. The van der Waals surface area contributed by atoms with Crippen molar-refractivity contribution in [3.8, 4) is 0 Å². The van der Waals surface area contributed by atoms with Crippen molar-refractivity contribution in [1.82, 2.24) is 14.7 Å². The number of cyclic esters (lactones) is 1. The van der Waals surface area contributed by atoms with Crippen molar-refractivity contribution >= 4 is 5.97 Å². The minimum Gasteiger partial charge on any atom is -0.464 e. The highest BCUT2D eigenvalue weighted by Gasteiger charge is 2.35. The number of carbonyl (C=O) groups excluding carboxylic acids is 1. The summed E-state index contributed by atoms with van der Waals surface area (Å²) in [6.07, 6.45) is 4.73. The monoisotopic (exact) mass is 265 g/mol. The fraction of sp³-hybridized carbons (Fsp3) is 0.692. The first-order valence-electron chi connectivity index (χ1n) is 6.74. The lowest BCUT2D eigenvalue weighted by Crippen LogP contribution is -2.50. The number of hydrogen-bond donors (Lipinski definition) is 0. The van der Waals surface area contributed by atoms with Crippen molar-refractivity contribution in [1.29, 1.82) is 0 Å². The van der Waals surface area contributed by atoms with Gasteiger partial charge in [0.15, 0.2) is 0 Å². The molecule has 0 amide bonds. The molecule has 0 spiro atoms. The van der Waals surface area contributed by atoms with E-state index in [0.29, 0.717) is 13.2 Å². The molecular weight excluding hydrogens is 246 g/mol. The van der Waals surface area contributed by atoms with Gasteiger partial charge in [-0.15, -0.1) is 0 Å². The quantitative estimate of drug-likeness (QED) is 0.731. The second-order valence-electron chi connectivity index (χ2n) is 5.20. The number of ether oxygens (including phenoxy) is 2. The molecule has 3 rings (SSSR count). The van der Waals surface area contributed by atoms with Crippen LogP contribution in [0.4, 0.5) is 0 Å². The molecule has 19 heavy (non-hydrogen) atoms. The standard InChI is InChI=1S/C13H19N3O3/c1-10-6-14-16(7-10)9-11-8-15(3-5-18-11)12-2-4-19-13(12)17/h6-7,11-12H,2-5,8-9H2,1H3/t11-,12+/m0/s1. The van der Waals surface area contributed by atoms with Crippen LogP contribution in [0.25, 0.3) is 0 Å². The van der Waals surface area contributed by atoms with E-state index in [2.05, 4.69) is 10.00 Å². The molecule has 2 aliphatic rings. The molecule has 6 heteroatoms. The topological polar surface area (TPSA) is 56.6 Å². The molecule has 0 radical (unpaired) electrons. The number of aromatic nitrogens is 2. The van der Waals surface area contributed by atoms with Gasteiger partial charge in [0.25, 0.3) is 0 Å². The minimum atomic E-state index is -0.0874. The molecule has 2 atom stereocenters. The zero-order valence-electron chi connectivity index (χ0n) is 11.1. The van der Waals surface area contributed by atoms with E-state index in [4.69, 9.17) is 9.47 Å². The smallest absolute Gasteiger partial charge is 0.323 e. The number of aryl methyl sites for hydroxylation is 1. The number of nitrogens with zero attached hydrogens (tertiary/aromatic N) is 3. The first-order chi connectivity index (χ1) is 9.22. The van der Waals surface area contributed by atoms with Gasteiger partial charge in [-0.25, -0.2) is 0 Å². The van der Waals surface area contributed by atoms with Gasteiger partial charge in [-0.2, -0.15) is 5.10 Å². The highest BCUT2D eigenvalue weighted by Crippen LogP contribution is 2.18. The maximum Gasteiger partial charge on any atom is 0.323 e. The average molecular weight is 265 g/mol. The second-order valence-corrected chi connectivity index (χ2v) is 5.20. The largest absolute Gasteiger partial charge is 0.464 e. The molecule has 0 aliphatic carbocycles. The fourth-order valence-electron chi connectivity index (χ4n) is 2.73. The summed E-state index contributed by atoms with van der Waals surface area (Å²) in [5, 5.41) is 4.27. The van der Waals surface area contributed by atoms with Gasteiger partial charge < -0.3 is 9.47 Å². The first kappa shape index (κ1) is 12.6. The summed E-state index contributed by atoms with van der Waals surface area (Å²) < 4.78 is 12.7. The molecule has 0 aromatic carbocycles. The Kier molecular flexibility index (Phi) is 3.52. The summed E-state index contributed by atoms with van der Waals surface area (Å²) in [5.41, 5.74) is 1.15. The van der Waals surface area contributed by atoms with Crippen molar-refractivity contribution in [2.24, 2.45) is 0 Å². The third kappa shape index (κ3) is 2.79. The van der Waals surface area contributed by atoms with E-state index in [1.165, 1.54) is 0 Å². The molecule has 0 saturated carbocycles. The van der Waals surface area contributed by atoms with Crippen LogP contribution >= 0.6 is 0 Å². The van der Waals surface area contributed by atoms with Gasteiger partial charge in [0, 0.05) is 25.7 Å². The van der Waals surface area contributed by atoms with Crippen LogP contribution in [-0.4, -0.2) is 59.1 Å². The van der Waals surface area contributed by atoms with Gasteiger partial charge in [0.2, 0.25) is 0 Å². The summed E-state index contributed by atoms with van der Waals surface area (Å²) in [4.78, 5) is 13.8. The Balaban J connectivity index is 1.60. The van der Waals surface area contributed by atoms with Gasteiger partial charge in [0.1, 0.15) is 6.04 Å². The zero-order chi connectivity index (χ0) is 13.2. The molecule has 3 heterocycles. The molecule has 1 aromatic rings. The van der Waals surface area contributed by atoms with Crippen LogP contribution in [0.1, 0.15) is 12.0 Å². The average Bonchev–Trinajstić information content (AvgIpc) is 2.99. The van der Waals surface area contributed by atoms with Crippen LogP contribution in [-0.2, 0) is 20.8 Å². The summed E-state index contributed by atoms with van der Waals surface area (Å²) in [6.45, 7) is 5.52. The molecule has 0 bridgehead atoms. The molecule has 2 aliphatic heterocycles. The van der Waals surface area contributed by atoms with Gasteiger partial charge in [-0.3, -0.25) is 14.4 Å². The molecule has 0 unspecified atom stereocenters. The van der Waals surface area contributed by atoms with Crippen LogP contribution in [0.5, 0.6) is 0 Å². The van der Waals surface area contributed by atoms with E-state index in [1.807, 2.05) is 24.0 Å². The maximum atomic E-state index is 11.6. The Bertz CT molecular complexity index is 460. The van der Waals surface area contributed by atoms with Crippen molar-refractivity contribution in [2.75, 3.05) is 26.3 Å². The van der Waals surface area contributed by atoms with Crippen molar-refractivity contribution in [3.05, 3.63) is 18.0 Å². The SMILES string of the molecule is Cc1cnn(C[C@@H]2CN([C@@H]3CCOC3=O)CCO2)c1. The summed E-state index contributed by atoms with van der Waals surface area (Å²) in [6, 6.07) is -0.0780. The van der Waals surface area contributed by atoms with Gasteiger partial charge in [-0.05, 0) is 12.5 Å². The van der Waals surface area contributed by atoms with Gasteiger partial charge in [0.05, 0.1) is 32.1 Å². The first-order valence-corrected chi connectivity index (χ1v) is 6.74. The van der Waals surface area contributed by atoms with Crippen molar-refractivity contribution in [2.45, 2.75) is 32.0 Å². The Morgan fingerprint density at radius 3 is 3.05 bits per heavy atom. The molecule has 2 saturated heterocycles. The number of hydrogen-bond acceptors (Lipinski definition) is 5. The van der Waals surface area contributed by atoms with E-state index in [9.17, 15) is 4.79 Å². The number of carbonyl (C=O) groups is 1. The van der Waals surface area contributed by atoms with Gasteiger partial charge >= 0.3 is 5.97 Å². The second kappa shape index (κ2) is 5.30. The van der Waals surface area contributed by atoms with E-state index in [1.54, 1.807) is 0 Å². The highest BCUT2D eigenvalue weighted by molar-refractivity contribution is 5.77. The Morgan fingerprint density at radius 1 is 1.47 bits per heavy atom. The normalized spacial score (nSPS) is 28.6. The molecule has 1 aromatic heterocycles. The Labute approximate surface area is 112 Å². The highest BCUT2D eigenvalue weighted by atomic mass is 16.5. The van der Waals surface area contributed by atoms with E-state index >= 15 is 0 Å².